The van der Waals surface area contributed by atoms with E-state index < -0.39 is 24.1 Å². The van der Waals surface area contributed by atoms with Crippen molar-refractivity contribution in [2.75, 3.05) is 27.4 Å². The minimum Gasteiger partial charge on any atom is -0.467 e. The average Bonchev–Trinajstić information content (AvgIpc) is 2.40. The van der Waals surface area contributed by atoms with Crippen LogP contribution in [0.3, 0.4) is 0 Å². The molecule has 2 atom stereocenters. The van der Waals surface area contributed by atoms with Gasteiger partial charge in [0.05, 0.1) is 27.4 Å². The third kappa shape index (κ3) is 5.11. The van der Waals surface area contributed by atoms with E-state index in [1.807, 2.05) is 0 Å². The van der Waals surface area contributed by atoms with Gasteiger partial charge in [0.15, 0.2) is 12.2 Å². The molecular weight excluding hydrogens is 240 g/mol. The molecule has 6 heteroatoms. The second-order valence-corrected chi connectivity index (χ2v) is 3.13. The lowest BCUT2D eigenvalue weighted by Gasteiger charge is -2.22. The second kappa shape index (κ2) is 9.38. The normalized spacial score (nSPS) is 13.2. The number of esters is 2. The highest BCUT2D eigenvalue weighted by atomic mass is 16.6. The summed E-state index contributed by atoms with van der Waals surface area (Å²) in [5, 5.41) is 0. The Labute approximate surface area is 106 Å². The van der Waals surface area contributed by atoms with Gasteiger partial charge < -0.3 is 18.9 Å². The number of ether oxygens (including phenoxy) is 4. The summed E-state index contributed by atoms with van der Waals surface area (Å²) in [6.07, 6.45) is 0.469. The molecule has 0 aromatic heterocycles. The molecule has 0 aliphatic carbocycles. The zero-order chi connectivity index (χ0) is 14.0. The van der Waals surface area contributed by atoms with Crippen LogP contribution in [0.25, 0.3) is 0 Å². The van der Waals surface area contributed by atoms with Crippen molar-refractivity contribution in [3.8, 4) is 0 Å². The highest BCUT2D eigenvalue weighted by molar-refractivity contribution is 5.85. The van der Waals surface area contributed by atoms with Gasteiger partial charge in [0.25, 0.3) is 0 Å². The molecule has 0 bridgehead atoms. The van der Waals surface area contributed by atoms with Crippen LogP contribution in [-0.4, -0.2) is 51.6 Å². The molecule has 0 rings (SSSR count). The predicted molar refractivity (Wildman–Crippen MR) is 63.9 cm³/mol. The zero-order valence-electron chi connectivity index (χ0n) is 10.6. The Morgan fingerprint density at radius 3 is 1.50 bits per heavy atom. The SMILES string of the molecule is C=CCO[C@@H](C(=O)OC)[C@@H](OCC=C)C(=O)OC. The molecule has 0 saturated carbocycles. The van der Waals surface area contributed by atoms with Gasteiger partial charge in [0.1, 0.15) is 0 Å². The van der Waals surface area contributed by atoms with Crippen molar-refractivity contribution in [2.24, 2.45) is 0 Å². The maximum Gasteiger partial charge on any atom is 0.338 e. The van der Waals surface area contributed by atoms with Crippen molar-refractivity contribution >= 4 is 11.9 Å². The topological polar surface area (TPSA) is 71.1 Å². The van der Waals surface area contributed by atoms with E-state index in [-0.39, 0.29) is 13.2 Å². The lowest BCUT2D eigenvalue weighted by Crippen LogP contribution is -2.45. The fourth-order valence-electron chi connectivity index (χ4n) is 1.13. The second-order valence-electron chi connectivity index (χ2n) is 3.13. The molecule has 0 saturated heterocycles. The van der Waals surface area contributed by atoms with Gasteiger partial charge in [-0.15, -0.1) is 13.2 Å². The molecule has 102 valence electrons. The predicted octanol–water partition coefficient (Wildman–Crippen LogP) is 0.475. The molecule has 0 radical (unpaired) electrons. The van der Waals surface area contributed by atoms with Gasteiger partial charge >= 0.3 is 11.9 Å². The van der Waals surface area contributed by atoms with Crippen molar-refractivity contribution < 1.29 is 28.5 Å². The number of carbonyl (C=O) groups is 2. The van der Waals surface area contributed by atoms with Crippen LogP contribution in [-0.2, 0) is 28.5 Å². The van der Waals surface area contributed by atoms with Crippen molar-refractivity contribution in [2.45, 2.75) is 12.2 Å². The standard InChI is InChI=1S/C12H18O6/c1-5-7-17-9(11(13)15-3)10(12(14)16-4)18-8-6-2/h5-6,9-10H,1-2,7-8H2,3-4H3/t9-,10-/m1/s1. The largest absolute Gasteiger partial charge is 0.467 e. The van der Waals surface area contributed by atoms with E-state index in [1.54, 1.807) is 0 Å². The van der Waals surface area contributed by atoms with Gasteiger partial charge in [-0.2, -0.15) is 0 Å². The highest BCUT2D eigenvalue weighted by Gasteiger charge is 2.37. The van der Waals surface area contributed by atoms with E-state index in [0.29, 0.717) is 0 Å². The number of rotatable bonds is 9. The molecule has 0 aromatic carbocycles. The maximum atomic E-state index is 11.5. The smallest absolute Gasteiger partial charge is 0.338 e. The molecule has 0 fully saturated rings. The van der Waals surface area contributed by atoms with E-state index >= 15 is 0 Å². The Morgan fingerprint density at radius 2 is 1.28 bits per heavy atom. The molecule has 0 aliphatic heterocycles. The number of hydrogen-bond donors (Lipinski definition) is 0. The summed E-state index contributed by atoms with van der Waals surface area (Å²) >= 11 is 0. The van der Waals surface area contributed by atoms with E-state index in [4.69, 9.17) is 9.47 Å². The van der Waals surface area contributed by atoms with E-state index in [0.717, 1.165) is 0 Å². The third-order valence-electron chi connectivity index (χ3n) is 1.93. The zero-order valence-corrected chi connectivity index (χ0v) is 10.6. The van der Waals surface area contributed by atoms with Crippen LogP contribution in [0.2, 0.25) is 0 Å². The summed E-state index contributed by atoms with van der Waals surface area (Å²) in [5.74, 6) is -1.45. The van der Waals surface area contributed by atoms with Crippen LogP contribution >= 0.6 is 0 Å². The van der Waals surface area contributed by atoms with Crippen LogP contribution < -0.4 is 0 Å². The molecule has 0 amide bonds. The fraction of sp³-hybridized carbons (Fsp3) is 0.500. The van der Waals surface area contributed by atoms with Gasteiger partial charge in [0, 0.05) is 0 Å². The van der Waals surface area contributed by atoms with Crippen molar-refractivity contribution in [3.63, 3.8) is 0 Å². The molecule has 0 N–H and O–H groups in total. The average molecular weight is 258 g/mol. The first-order valence-corrected chi connectivity index (χ1v) is 5.23. The first-order chi connectivity index (χ1) is 8.62. The Morgan fingerprint density at radius 1 is 0.944 bits per heavy atom. The van der Waals surface area contributed by atoms with Crippen molar-refractivity contribution in [1.82, 2.24) is 0 Å². The number of carbonyl (C=O) groups excluding carboxylic acids is 2. The third-order valence-corrected chi connectivity index (χ3v) is 1.93. The van der Waals surface area contributed by atoms with Crippen LogP contribution in [0.15, 0.2) is 25.3 Å². The van der Waals surface area contributed by atoms with Crippen LogP contribution in [0.1, 0.15) is 0 Å². The molecule has 0 heterocycles. The molecule has 0 aromatic rings. The van der Waals surface area contributed by atoms with Gasteiger partial charge in [-0.05, 0) is 0 Å². The number of hydrogen-bond acceptors (Lipinski definition) is 6. The Hall–Kier alpha value is -1.66. The summed E-state index contributed by atoms with van der Waals surface area (Å²) in [6.45, 7) is 7.06. The summed E-state index contributed by atoms with van der Waals surface area (Å²) in [5.41, 5.74) is 0. The quantitative estimate of drug-likeness (QED) is 0.442. The number of methoxy groups -OCH3 is 2. The Kier molecular flexibility index (Phi) is 8.51. The van der Waals surface area contributed by atoms with Crippen molar-refractivity contribution in [3.05, 3.63) is 25.3 Å². The Balaban J connectivity index is 4.91. The highest BCUT2D eigenvalue weighted by Crippen LogP contribution is 2.09. The summed E-state index contributed by atoms with van der Waals surface area (Å²) < 4.78 is 19.5. The summed E-state index contributed by atoms with van der Waals surface area (Å²) in [7, 11) is 2.38. The fourth-order valence-corrected chi connectivity index (χ4v) is 1.13. The van der Waals surface area contributed by atoms with Crippen molar-refractivity contribution in [1.29, 1.82) is 0 Å². The summed E-state index contributed by atoms with van der Waals surface area (Å²) in [6, 6.07) is 0. The first kappa shape index (κ1) is 16.3. The van der Waals surface area contributed by atoms with Crippen LogP contribution in [0.5, 0.6) is 0 Å². The molecule has 0 unspecified atom stereocenters. The van der Waals surface area contributed by atoms with Gasteiger partial charge in [-0.3, -0.25) is 0 Å². The van der Waals surface area contributed by atoms with Gasteiger partial charge in [0.2, 0.25) is 0 Å². The lowest BCUT2D eigenvalue weighted by molar-refractivity contribution is -0.178. The van der Waals surface area contributed by atoms with E-state index in [9.17, 15) is 9.59 Å². The Bertz CT molecular complexity index is 269. The monoisotopic (exact) mass is 258 g/mol. The van der Waals surface area contributed by atoms with Crippen LogP contribution in [0.4, 0.5) is 0 Å². The van der Waals surface area contributed by atoms with Gasteiger partial charge in [-0.1, -0.05) is 12.2 Å². The lowest BCUT2D eigenvalue weighted by atomic mass is 10.2. The minimum atomic E-state index is -1.21. The summed E-state index contributed by atoms with van der Waals surface area (Å²) in [4.78, 5) is 23.1. The molecule has 18 heavy (non-hydrogen) atoms. The van der Waals surface area contributed by atoms with E-state index in [2.05, 4.69) is 22.6 Å². The van der Waals surface area contributed by atoms with Gasteiger partial charge in [-0.25, -0.2) is 9.59 Å². The van der Waals surface area contributed by atoms with E-state index in [1.165, 1.54) is 26.4 Å². The first-order valence-electron chi connectivity index (χ1n) is 5.23. The molecule has 0 spiro atoms. The minimum absolute atomic E-state index is 0.0741. The molecular formula is C12H18O6. The molecule has 6 nitrogen and oxygen atoms in total. The van der Waals surface area contributed by atoms with Crippen LogP contribution in [0, 0.1) is 0 Å². The molecule has 0 aliphatic rings. The maximum absolute atomic E-state index is 11.5.